The van der Waals surface area contributed by atoms with Crippen molar-refractivity contribution in [1.29, 1.82) is 0 Å². The third-order valence-electron chi connectivity index (χ3n) is 3.24. The lowest BCUT2D eigenvalue weighted by Gasteiger charge is -2.17. The Kier molecular flexibility index (Phi) is 3.13. The highest BCUT2D eigenvalue weighted by molar-refractivity contribution is 6.06. The Morgan fingerprint density at radius 1 is 1.14 bits per heavy atom. The van der Waals surface area contributed by atoms with Gasteiger partial charge in [0.15, 0.2) is 11.6 Å². The molecule has 1 amide bonds. The van der Waals surface area contributed by atoms with Crippen LogP contribution in [0.5, 0.6) is 0 Å². The molecule has 0 fully saturated rings. The standard InChI is InChI=1S/C15H11F2N3O/c1-19(11-2-3-12(16)13(17)9-11)15(21)10-4-6-20-7-5-18-14(20)8-10/h2-9H,1H3. The molecule has 2 aromatic heterocycles. The molecule has 0 aliphatic heterocycles. The molecular formula is C15H11F2N3O. The maximum Gasteiger partial charge on any atom is 0.258 e. The minimum atomic E-state index is -0.990. The van der Waals surface area contributed by atoms with Crippen LogP contribution in [-0.4, -0.2) is 22.3 Å². The van der Waals surface area contributed by atoms with E-state index in [-0.39, 0.29) is 11.6 Å². The average molecular weight is 287 g/mol. The van der Waals surface area contributed by atoms with Crippen molar-refractivity contribution < 1.29 is 13.6 Å². The lowest BCUT2D eigenvalue weighted by Crippen LogP contribution is -2.26. The fraction of sp³-hybridized carbons (Fsp3) is 0.0667. The third-order valence-corrected chi connectivity index (χ3v) is 3.24. The number of amides is 1. The quantitative estimate of drug-likeness (QED) is 0.727. The Labute approximate surface area is 119 Å². The van der Waals surface area contributed by atoms with Crippen molar-refractivity contribution in [1.82, 2.24) is 9.38 Å². The molecule has 0 saturated heterocycles. The minimum Gasteiger partial charge on any atom is -0.311 e. The van der Waals surface area contributed by atoms with Gasteiger partial charge in [0.25, 0.3) is 5.91 Å². The van der Waals surface area contributed by atoms with Crippen LogP contribution in [-0.2, 0) is 0 Å². The molecule has 0 N–H and O–H groups in total. The van der Waals surface area contributed by atoms with Crippen LogP contribution in [0.2, 0.25) is 0 Å². The van der Waals surface area contributed by atoms with Gasteiger partial charge < -0.3 is 9.30 Å². The summed E-state index contributed by atoms with van der Waals surface area (Å²) in [5.41, 5.74) is 1.34. The highest BCUT2D eigenvalue weighted by Gasteiger charge is 2.15. The van der Waals surface area contributed by atoms with Crippen molar-refractivity contribution in [3.8, 4) is 0 Å². The first-order valence-electron chi connectivity index (χ1n) is 6.22. The van der Waals surface area contributed by atoms with E-state index in [1.807, 2.05) is 0 Å². The van der Waals surface area contributed by atoms with E-state index in [2.05, 4.69) is 4.98 Å². The van der Waals surface area contributed by atoms with Gasteiger partial charge in [0.05, 0.1) is 0 Å². The van der Waals surface area contributed by atoms with Gasteiger partial charge in [-0.25, -0.2) is 13.8 Å². The van der Waals surface area contributed by atoms with Crippen molar-refractivity contribution in [3.63, 3.8) is 0 Å². The summed E-state index contributed by atoms with van der Waals surface area (Å²) in [6.07, 6.45) is 5.11. The second kappa shape index (κ2) is 4.97. The topological polar surface area (TPSA) is 37.6 Å². The smallest absolute Gasteiger partial charge is 0.258 e. The molecule has 0 radical (unpaired) electrons. The molecule has 1 aromatic carbocycles. The SMILES string of the molecule is CN(C(=O)c1ccn2ccnc2c1)c1ccc(F)c(F)c1. The van der Waals surface area contributed by atoms with Gasteiger partial charge in [-0.05, 0) is 24.3 Å². The maximum absolute atomic E-state index is 13.2. The number of rotatable bonds is 2. The number of fused-ring (bicyclic) bond motifs is 1. The molecule has 6 heteroatoms. The van der Waals surface area contributed by atoms with Crippen LogP contribution in [0.3, 0.4) is 0 Å². The van der Waals surface area contributed by atoms with Crippen LogP contribution in [0.15, 0.2) is 48.9 Å². The molecule has 0 atom stereocenters. The number of hydrogen-bond acceptors (Lipinski definition) is 2. The van der Waals surface area contributed by atoms with Crippen LogP contribution in [0, 0.1) is 11.6 Å². The minimum absolute atomic E-state index is 0.280. The first-order chi connectivity index (χ1) is 10.1. The summed E-state index contributed by atoms with van der Waals surface area (Å²) in [4.78, 5) is 17.7. The van der Waals surface area contributed by atoms with E-state index in [4.69, 9.17) is 0 Å². The summed E-state index contributed by atoms with van der Waals surface area (Å²) in [6, 6.07) is 6.62. The first-order valence-corrected chi connectivity index (χ1v) is 6.22. The van der Waals surface area contributed by atoms with Crippen LogP contribution >= 0.6 is 0 Å². The summed E-state index contributed by atoms with van der Waals surface area (Å²) in [6.45, 7) is 0. The van der Waals surface area contributed by atoms with Crippen LogP contribution in [0.1, 0.15) is 10.4 Å². The normalized spacial score (nSPS) is 10.8. The molecule has 0 spiro atoms. The fourth-order valence-electron chi connectivity index (χ4n) is 2.05. The van der Waals surface area contributed by atoms with Crippen molar-refractivity contribution >= 4 is 17.2 Å². The Balaban J connectivity index is 1.94. The summed E-state index contributed by atoms with van der Waals surface area (Å²) in [5.74, 6) is -2.26. The number of nitrogens with zero attached hydrogens (tertiary/aromatic N) is 3. The molecule has 0 bridgehead atoms. The van der Waals surface area contributed by atoms with E-state index in [1.54, 1.807) is 35.1 Å². The van der Waals surface area contributed by atoms with E-state index in [0.717, 1.165) is 12.1 Å². The van der Waals surface area contributed by atoms with Gasteiger partial charge in [0.2, 0.25) is 0 Å². The molecule has 0 aliphatic rings. The molecule has 2 heterocycles. The van der Waals surface area contributed by atoms with Crippen molar-refractivity contribution in [2.45, 2.75) is 0 Å². The molecule has 0 aliphatic carbocycles. The van der Waals surface area contributed by atoms with E-state index in [0.29, 0.717) is 11.2 Å². The summed E-state index contributed by atoms with van der Waals surface area (Å²) < 4.78 is 28.0. The highest BCUT2D eigenvalue weighted by atomic mass is 19.2. The summed E-state index contributed by atoms with van der Waals surface area (Å²) in [7, 11) is 1.50. The molecule has 106 valence electrons. The molecule has 3 rings (SSSR count). The van der Waals surface area contributed by atoms with Gasteiger partial charge in [0, 0.05) is 43.0 Å². The van der Waals surface area contributed by atoms with Gasteiger partial charge in [-0.1, -0.05) is 0 Å². The average Bonchev–Trinajstić information content (AvgIpc) is 2.96. The molecule has 3 aromatic rings. The lowest BCUT2D eigenvalue weighted by molar-refractivity contribution is 0.0993. The molecular weight excluding hydrogens is 276 g/mol. The number of anilines is 1. The van der Waals surface area contributed by atoms with E-state index >= 15 is 0 Å². The van der Waals surface area contributed by atoms with Crippen LogP contribution in [0.4, 0.5) is 14.5 Å². The zero-order chi connectivity index (χ0) is 15.0. The monoisotopic (exact) mass is 287 g/mol. The second-order valence-electron chi connectivity index (χ2n) is 4.57. The zero-order valence-electron chi connectivity index (χ0n) is 11.1. The maximum atomic E-state index is 13.2. The predicted octanol–water partition coefficient (Wildman–Crippen LogP) is 2.89. The Morgan fingerprint density at radius 2 is 1.95 bits per heavy atom. The van der Waals surface area contributed by atoms with E-state index in [9.17, 15) is 13.6 Å². The van der Waals surface area contributed by atoms with E-state index < -0.39 is 11.6 Å². The van der Waals surface area contributed by atoms with Gasteiger partial charge in [-0.2, -0.15) is 0 Å². The van der Waals surface area contributed by atoms with Crippen LogP contribution in [0.25, 0.3) is 5.65 Å². The third kappa shape index (κ3) is 2.35. The number of halogens is 2. The van der Waals surface area contributed by atoms with Crippen LogP contribution < -0.4 is 4.90 Å². The van der Waals surface area contributed by atoms with Crippen molar-refractivity contribution in [2.75, 3.05) is 11.9 Å². The number of pyridine rings is 1. The lowest BCUT2D eigenvalue weighted by atomic mass is 10.2. The van der Waals surface area contributed by atoms with E-state index in [1.165, 1.54) is 18.0 Å². The number of aromatic nitrogens is 2. The van der Waals surface area contributed by atoms with Crippen molar-refractivity contribution in [2.24, 2.45) is 0 Å². The molecule has 21 heavy (non-hydrogen) atoms. The molecule has 0 saturated carbocycles. The first kappa shape index (κ1) is 13.2. The van der Waals surface area contributed by atoms with Gasteiger partial charge in [-0.15, -0.1) is 0 Å². The van der Waals surface area contributed by atoms with Gasteiger partial charge in [-0.3, -0.25) is 4.79 Å². The summed E-state index contributed by atoms with van der Waals surface area (Å²) >= 11 is 0. The number of benzene rings is 1. The van der Waals surface area contributed by atoms with Gasteiger partial charge >= 0.3 is 0 Å². The fourth-order valence-corrected chi connectivity index (χ4v) is 2.05. The number of imidazole rings is 1. The number of carbonyl (C=O) groups excluding carboxylic acids is 1. The largest absolute Gasteiger partial charge is 0.311 e. The molecule has 0 unspecified atom stereocenters. The number of hydrogen-bond donors (Lipinski definition) is 0. The van der Waals surface area contributed by atoms with Crippen molar-refractivity contribution in [3.05, 3.63) is 66.1 Å². The van der Waals surface area contributed by atoms with Gasteiger partial charge in [0.1, 0.15) is 5.65 Å². The Hall–Kier alpha value is -2.76. The second-order valence-corrected chi connectivity index (χ2v) is 4.57. The predicted molar refractivity (Wildman–Crippen MR) is 74.3 cm³/mol. The Bertz CT molecular complexity index is 829. The molecule has 4 nitrogen and oxygen atoms in total. The number of carbonyl (C=O) groups is 1. The zero-order valence-corrected chi connectivity index (χ0v) is 11.1. The highest BCUT2D eigenvalue weighted by Crippen LogP contribution is 2.19. The Morgan fingerprint density at radius 3 is 2.71 bits per heavy atom. The summed E-state index contributed by atoms with van der Waals surface area (Å²) in [5, 5.41) is 0.